The van der Waals surface area contributed by atoms with E-state index in [9.17, 15) is 18.0 Å². The summed E-state index contributed by atoms with van der Waals surface area (Å²) in [6.07, 6.45) is -3.83. The zero-order valence-corrected chi connectivity index (χ0v) is 13.8. The van der Waals surface area contributed by atoms with Crippen LogP contribution in [0.2, 0.25) is 0 Å². The van der Waals surface area contributed by atoms with Gasteiger partial charge in [-0.15, -0.1) is 0 Å². The number of alkyl halides is 3. The van der Waals surface area contributed by atoms with Crippen LogP contribution in [0.4, 0.5) is 13.2 Å². The summed E-state index contributed by atoms with van der Waals surface area (Å²) in [7, 11) is 0. The van der Waals surface area contributed by atoms with E-state index < -0.39 is 11.9 Å². The van der Waals surface area contributed by atoms with E-state index in [0.717, 1.165) is 21.9 Å². The van der Waals surface area contributed by atoms with E-state index in [1.165, 1.54) is 6.92 Å². The molecule has 0 saturated heterocycles. The van der Waals surface area contributed by atoms with Crippen molar-refractivity contribution < 1.29 is 18.0 Å². The van der Waals surface area contributed by atoms with E-state index in [-0.39, 0.29) is 18.5 Å². The molecule has 1 unspecified atom stereocenters. The number of halogens is 3. The molecule has 1 aromatic carbocycles. The molecule has 1 atom stereocenters. The van der Waals surface area contributed by atoms with Gasteiger partial charge in [0.05, 0.1) is 6.04 Å². The maximum absolute atomic E-state index is 12.7. The predicted octanol–water partition coefficient (Wildman–Crippen LogP) is 3.79. The highest BCUT2D eigenvalue weighted by Crippen LogP contribution is 2.28. The Balaban J connectivity index is 2.07. The van der Waals surface area contributed by atoms with Gasteiger partial charge < -0.3 is 5.32 Å². The summed E-state index contributed by atoms with van der Waals surface area (Å²) in [4.78, 5) is 12.2. The number of carbonyl (C=O) groups excluding carboxylic acids is 1. The molecule has 1 amide bonds. The van der Waals surface area contributed by atoms with E-state index in [1.807, 2.05) is 38.1 Å². The topological polar surface area (TPSA) is 46.9 Å². The Hall–Kier alpha value is -2.31. The summed E-state index contributed by atoms with van der Waals surface area (Å²) in [5, 5.41) is 6.31. The van der Waals surface area contributed by atoms with Crippen molar-refractivity contribution in [2.24, 2.45) is 0 Å². The van der Waals surface area contributed by atoms with E-state index in [4.69, 9.17) is 0 Å². The lowest BCUT2D eigenvalue weighted by molar-refractivity contribution is -0.141. The van der Waals surface area contributed by atoms with E-state index in [1.54, 1.807) is 0 Å². The minimum Gasteiger partial charge on any atom is -0.348 e. The molecular formula is C17H20F3N3O. The summed E-state index contributed by atoms with van der Waals surface area (Å²) in [6.45, 7) is 5.16. The van der Waals surface area contributed by atoms with E-state index in [2.05, 4.69) is 10.4 Å². The summed E-state index contributed by atoms with van der Waals surface area (Å²) >= 11 is 0. The van der Waals surface area contributed by atoms with Gasteiger partial charge >= 0.3 is 6.18 Å². The maximum atomic E-state index is 12.7. The fraction of sp³-hybridized carbons (Fsp3) is 0.412. The van der Waals surface area contributed by atoms with Gasteiger partial charge in [0, 0.05) is 5.69 Å². The average Bonchev–Trinajstić information content (AvgIpc) is 2.87. The van der Waals surface area contributed by atoms with Gasteiger partial charge in [0.1, 0.15) is 6.54 Å². The van der Waals surface area contributed by atoms with Crippen molar-refractivity contribution in [3.05, 3.63) is 52.8 Å². The Labute approximate surface area is 138 Å². The minimum atomic E-state index is -4.51. The second kappa shape index (κ2) is 7.07. The van der Waals surface area contributed by atoms with Gasteiger partial charge in [0.15, 0.2) is 5.69 Å². The van der Waals surface area contributed by atoms with Crippen molar-refractivity contribution in [1.82, 2.24) is 15.1 Å². The molecule has 4 nitrogen and oxygen atoms in total. The first kappa shape index (κ1) is 18.0. The Morgan fingerprint density at radius 3 is 2.38 bits per heavy atom. The highest BCUT2D eigenvalue weighted by Gasteiger charge is 2.34. The molecule has 0 radical (unpaired) electrons. The Kier molecular flexibility index (Phi) is 5.31. The van der Waals surface area contributed by atoms with Crippen molar-refractivity contribution in [2.45, 2.75) is 46.0 Å². The van der Waals surface area contributed by atoms with Gasteiger partial charge in [-0.1, -0.05) is 36.8 Å². The molecule has 0 aliphatic carbocycles. The minimum absolute atomic E-state index is 0.184. The number of amides is 1. The molecule has 0 aliphatic rings. The van der Waals surface area contributed by atoms with Crippen LogP contribution in [0.3, 0.4) is 0 Å². The van der Waals surface area contributed by atoms with Crippen LogP contribution in [-0.4, -0.2) is 15.7 Å². The third kappa shape index (κ3) is 4.37. The van der Waals surface area contributed by atoms with Gasteiger partial charge in [-0.25, -0.2) is 0 Å². The van der Waals surface area contributed by atoms with Gasteiger partial charge in [-0.05, 0) is 31.9 Å². The van der Waals surface area contributed by atoms with Crippen molar-refractivity contribution >= 4 is 5.91 Å². The zero-order chi connectivity index (χ0) is 17.9. The number of hydrogen-bond acceptors (Lipinski definition) is 2. The highest BCUT2D eigenvalue weighted by molar-refractivity contribution is 5.76. The van der Waals surface area contributed by atoms with Gasteiger partial charge in [0.25, 0.3) is 0 Å². The second-order valence-electron chi connectivity index (χ2n) is 5.77. The molecule has 0 aliphatic heterocycles. The zero-order valence-electron chi connectivity index (χ0n) is 13.8. The van der Waals surface area contributed by atoms with Crippen LogP contribution in [0, 0.1) is 13.8 Å². The van der Waals surface area contributed by atoms with Crippen LogP contribution in [-0.2, 0) is 17.5 Å². The number of nitrogens with zero attached hydrogens (tertiary/aromatic N) is 2. The molecule has 2 aromatic rings. The Bertz CT molecular complexity index is 705. The molecule has 0 spiro atoms. The second-order valence-corrected chi connectivity index (χ2v) is 5.77. The van der Waals surface area contributed by atoms with Gasteiger partial charge in [-0.3, -0.25) is 9.48 Å². The molecule has 1 N–H and O–H groups in total. The van der Waals surface area contributed by atoms with Crippen LogP contribution in [0.1, 0.15) is 41.9 Å². The van der Waals surface area contributed by atoms with Crippen molar-refractivity contribution in [1.29, 1.82) is 0 Å². The average molecular weight is 339 g/mol. The number of rotatable bonds is 5. The highest BCUT2D eigenvalue weighted by atomic mass is 19.4. The van der Waals surface area contributed by atoms with Crippen molar-refractivity contribution in [3.63, 3.8) is 0 Å². The molecule has 130 valence electrons. The number of aromatic nitrogens is 2. The van der Waals surface area contributed by atoms with Crippen LogP contribution >= 0.6 is 0 Å². The molecular weight excluding hydrogens is 319 g/mol. The van der Waals surface area contributed by atoms with Gasteiger partial charge in [0.2, 0.25) is 5.91 Å². The largest absolute Gasteiger partial charge is 0.435 e. The molecule has 7 heteroatoms. The van der Waals surface area contributed by atoms with E-state index >= 15 is 0 Å². The summed E-state index contributed by atoms with van der Waals surface area (Å²) in [5.74, 6) is -0.373. The van der Waals surface area contributed by atoms with Crippen molar-refractivity contribution in [3.8, 4) is 0 Å². The van der Waals surface area contributed by atoms with Crippen LogP contribution in [0.5, 0.6) is 0 Å². The normalized spacial score (nSPS) is 12.9. The van der Waals surface area contributed by atoms with Crippen LogP contribution in [0.25, 0.3) is 0 Å². The Morgan fingerprint density at radius 1 is 1.25 bits per heavy atom. The molecule has 1 aromatic heterocycles. The lowest BCUT2D eigenvalue weighted by Crippen LogP contribution is -2.32. The van der Waals surface area contributed by atoms with E-state index in [0.29, 0.717) is 12.1 Å². The lowest BCUT2D eigenvalue weighted by atomic mass is 10.0. The number of hydrogen-bond donors (Lipinski definition) is 1. The summed E-state index contributed by atoms with van der Waals surface area (Å²) in [6, 6.07) is 8.53. The standard InChI is InChI=1S/C17H20F3N3O/c1-4-14(13-7-5-11(2)6-8-13)21-16(24)10-23-12(3)9-15(22-23)17(18,19)20/h5-9,14H,4,10H2,1-3H3,(H,21,24). The fourth-order valence-electron chi connectivity index (χ4n) is 2.40. The van der Waals surface area contributed by atoms with Crippen LogP contribution in [0.15, 0.2) is 30.3 Å². The molecule has 0 bridgehead atoms. The number of benzene rings is 1. The first-order chi connectivity index (χ1) is 11.2. The smallest absolute Gasteiger partial charge is 0.348 e. The molecule has 0 fully saturated rings. The fourth-order valence-corrected chi connectivity index (χ4v) is 2.40. The number of carbonyl (C=O) groups is 1. The third-order valence-electron chi connectivity index (χ3n) is 3.79. The molecule has 1 heterocycles. The number of nitrogens with one attached hydrogen (secondary N) is 1. The van der Waals surface area contributed by atoms with Crippen molar-refractivity contribution in [2.75, 3.05) is 0 Å². The molecule has 0 saturated carbocycles. The first-order valence-electron chi connectivity index (χ1n) is 7.68. The monoisotopic (exact) mass is 339 g/mol. The maximum Gasteiger partial charge on any atom is 0.435 e. The van der Waals surface area contributed by atoms with Crippen LogP contribution < -0.4 is 5.32 Å². The first-order valence-corrected chi connectivity index (χ1v) is 7.68. The Morgan fingerprint density at radius 2 is 1.88 bits per heavy atom. The predicted molar refractivity (Wildman–Crippen MR) is 84.3 cm³/mol. The molecule has 24 heavy (non-hydrogen) atoms. The number of aryl methyl sites for hydroxylation is 2. The lowest BCUT2D eigenvalue weighted by Gasteiger charge is -2.18. The SMILES string of the molecule is CCC(NC(=O)Cn1nc(C(F)(F)F)cc1C)c1ccc(C)cc1. The summed E-state index contributed by atoms with van der Waals surface area (Å²) < 4.78 is 39.1. The summed E-state index contributed by atoms with van der Waals surface area (Å²) in [5.41, 5.74) is 1.38. The quantitative estimate of drug-likeness (QED) is 0.901. The van der Waals surface area contributed by atoms with Gasteiger partial charge in [-0.2, -0.15) is 18.3 Å². The molecule has 2 rings (SSSR count). The third-order valence-corrected chi connectivity index (χ3v) is 3.79.